The average molecular weight is 639 g/mol. The monoisotopic (exact) mass is 639 g/mol. The van der Waals surface area contributed by atoms with E-state index in [4.69, 9.17) is 0 Å². The van der Waals surface area contributed by atoms with Gasteiger partial charge in [0, 0.05) is 37.2 Å². The van der Waals surface area contributed by atoms with Gasteiger partial charge in [-0.15, -0.1) is 23.6 Å². The van der Waals surface area contributed by atoms with Crippen molar-refractivity contribution < 1.29 is 28.3 Å². The summed E-state index contributed by atoms with van der Waals surface area (Å²) < 4.78 is 32.7. The largest absolute Gasteiger partial charge is 0.451 e. The van der Waals surface area contributed by atoms with Gasteiger partial charge in [0.15, 0.2) is 0 Å². The van der Waals surface area contributed by atoms with E-state index in [2.05, 4.69) is 49.2 Å². The Labute approximate surface area is 210 Å². The molecule has 167 valence electrons. The minimum Gasteiger partial charge on any atom is -0.294 e. The third kappa shape index (κ3) is 2.75. The van der Waals surface area contributed by atoms with Crippen molar-refractivity contribution in [3.63, 3.8) is 0 Å². The Morgan fingerprint density at radius 2 is 1.53 bits per heavy atom. The van der Waals surface area contributed by atoms with E-state index in [1.807, 2.05) is 30.3 Å². The van der Waals surface area contributed by atoms with Crippen LogP contribution >= 0.6 is 0 Å². The van der Waals surface area contributed by atoms with Crippen LogP contribution in [0.1, 0.15) is 11.1 Å². The third-order valence-corrected chi connectivity index (χ3v) is 9.32. The van der Waals surface area contributed by atoms with Gasteiger partial charge in [-0.05, 0) is 74.6 Å². The molecule has 1 aliphatic rings. The topological polar surface area (TPSA) is 12.9 Å². The first kappa shape index (κ1) is 21.5. The number of pyridine rings is 1. The molecule has 0 aliphatic carbocycles. The standard InChI is InChI=1S/C29H18F2NSi.Ir/c1-16-11-20-7-8-21-22-9-10-32-29-25-13-18-5-3-4-6-19(18)14-26(25)33(30,31)27(28(22)29)15-24(21)23(20)12-17(16)2;/h3-12,14-15H,1-2H3;/q-1;. The van der Waals surface area contributed by atoms with E-state index in [1.165, 1.54) is 5.56 Å². The second-order valence-corrected chi connectivity index (χ2v) is 11.3. The predicted molar refractivity (Wildman–Crippen MR) is 135 cm³/mol. The van der Waals surface area contributed by atoms with Crippen molar-refractivity contribution in [3.8, 4) is 11.3 Å². The molecule has 0 atom stereocenters. The Morgan fingerprint density at radius 3 is 2.38 bits per heavy atom. The quantitative estimate of drug-likeness (QED) is 0.0793. The molecule has 5 heteroatoms. The summed E-state index contributed by atoms with van der Waals surface area (Å²) in [5.74, 6) is 0. The van der Waals surface area contributed by atoms with Crippen molar-refractivity contribution in [1.82, 2.24) is 4.98 Å². The molecule has 7 rings (SSSR count). The maximum atomic E-state index is 16.3. The Kier molecular flexibility index (Phi) is 4.60. The summed E-state index contributed by atoms with van der Waals surface area (Å²) in [6, 6.07) is 24.6. The molecule has 1 aromatic heterocycles. The van der Waals surface area contributed by atoms with Gasteiger partial charge in [-0.2, -0.15) is 0 Å². The van der Waals surface area contributed by atoms with Crippen molar-refractivity contribution in [3.05, 3.63) is 90.1 Å². The van der Waals surface area contributed by atoms with E-state index in [0.717, 1.165) is 43.3 Å². The Balaban J connectivity index is 0.00000217. The SMILES string of the molecule is Cc1cc2ccc3c4ccnc5c4c(cc3c2cc1C)[Si](F)(F)c1cc2ccccc2[c-]c1-5.[Ir]. The summed E-state index contributed by atoms with van der Waals surface area (Å²) in [6.45, 7) is 4.15. The van der Waals surface area contributed by atoms with Crippen LogP contribution in [0.4, 0.5) is 8.22 Å². The molecule has 2 heterocycles. The van der Waals surface area contributed by atoms with E-state index in [1.54, 1.807) is 18.3 Å². The summed E-state index contributed by atoms with van der Waals surface area (Å²) in [5.41, 5.74) is 3.43. The van der Waals surface area contributed by atoms with Crippen LogP contribution in [-0.4, -0.2) is 13.7 Å². The zero-order chi connectivity index (χ0) is 22.5. The summed E-state index contributed by atoms with van der Waals surface area (Å²) >= 11 is 0. The van der Waals surface area contributed by atoms with E-state index in [-0.39, 0.29) is 30.5 Å². The minimum atomic E-state index is -4.98. The molecule has 0 spiro atoms. The molecule has 0 bridgehead atoms. The van der Waals surface area contributed by atoms with Gasteiger partial charge in [0.25, 0.3) is 0 Å². The smallest absolute Gasteiger partial charge is 0.294 e. The number of fused-ring (bicyclic) bond motifs is 7. The number of hydrogen-bond acceptors (Lipinski definition) is 1. The second kappa shape index (κ2) is 7.26. The van der Waals surface area contributed by atoms with Crippen LogP contribution in [0.25, 0.3) is 54.3 Å². The average Bonchev–Trinajstić information content (AvgIpc) is 2.82. The molecule has 5 aromatic carbocycles. The van der Waals surface area contributed by atoms with Crippen LogP contribution in [0.5, 0.6) is 0 Å². The first-order valence-electron chi connectivity index (χ1n) is 11.0. The molecule has 0 N–H and O–H groups in total. The van der Waals surface area contributed by atoms with Crippen molar-refractivity contribution in [2.75, 3.05) is 0 Å². The molecule has 34 heavy (non-hydrogen) atoms. The molecule has 0 fully saturated rings. The van der Waals surface area contributed by atoms with Gasteiger partial charge in [0.05, 0.1) is 0 Å². The second-order valence-electron chi connectivity index (χ2n) is 9.04. The molecule has 1 aliphatic heterocycles. The summed E-state index contributed by atoms with van der Waals surface area (Å²) in [5, 5.41) is 7.29. The predicted octanol–water partition coefficient (Wildman–Crippen LogP) is 6.58. The fraction of sp³-hybridized carbons (Fsp3) is 0.0690. The normalized spacial score (nSPS) is 13.9. The Bertz CT molecular complexity index is 1830. The van der Waals surface area contributed by atoms with Crippen LogP contribution in [0, 0.1) is 19.9 Å². The summed E-state index contributed by atoms with van der Waals surface area (Å²) in [7, 11) is -4.98. The number of benzene rings is 5. The van der Waals surface area contributed by atoms with Crippen LogP contribution in [0.2, 0.25) is 0 Å². The van der Waals surface area contributed by atoms with Crippen LogP contribution in [-0.2, 0) is 20.1 Å². The number of hydrogen-bond donors (Lipinski definition) is 0. The molecule has 6 aromatic rings. The van der Waals surface area contributed by atoms with Crippen LogP contribution in [0.3, 0.4) is 0 Å². The van der Waals surface area contributed by atoms with E-state index in [0.29, 0.717) is 16.6 Å². The van der Waals surface area contributed by atoms with Crippen LogP contribution in [0.15, 0.2) is 72.9 Å². The van der Waals surface area contributed by atoms with Gasteiger partial charge < -0.3 is 0 Å². The van der Waals surface area contributed by atoms with Crippen molar-refractivity contribution >= 4 is 62.2 Å². The zero-order valence-corrected chi connectivity index (χ0v) is 21.9. The fourth-order valence-corrected chi connectivity index (χ4v) is 7.38. The Hall–Kier alpha value is -2.98. The van der Waals surface area contributed by atoms with Gasteiger partial charge >= 0.3 is 8.74 Å². The molecule has 0 amide bonds. The van der Waals surface area contributed by atoms with Crippen molar-refractivity contribution in [2.24, 2.45) is 0 Å². The van der Waals surface area contributed by atoms with Gasteiger partial charge in [-0.25, -0.2) is 0 Å². The minimum absolute atomic E-state index is 0. The third-order valence-electron chi connectivity index (χ3n) is 7.18. The van der Waals surface area contributed by atoms with Crippen molar-refractivity contribution in [2.45, 2.75) is 13.8 Å². The number of aryl methyl sites for hydroxylation is 2. The number of nitrogens with zero attached hydrogens (tertiary/aromatic N) is 1. The molecule has 1 radical (unpaired) electrons. The van der Waals surface area contributed by atoms with Gasteiger partial charge in [-0.3, -0.25) is 13.2 Å². The summed E-state index contributed by atoms with van der Waals surface area (Å²) in [6.07, 6.45) is 1.74. The molecule has 0 unspecified atom stereocenters. The zero-order valence-electron chi connectivity index (χ0n) is 18.5. The number of aromatic nitrogens is 1. The van der Waals surface area contributed by atoms with Gasteiger partial charge in [0.1, 0.15) is 0 Å². The van der Waals surface area contributed by atoms with Crippen molar-refractivity contribution in [1.29, 1.82) is 0 Å². The Morgan fingerprint density at radius 1 is 0.735 bits per heavy atom. The van der Waals surface area contributed by atoms with Gasteiger partial charge in [0.2, 0.25) is 0 Å². The number of halogens is 2. The molecule has 1 nitrogen and oxygen atoms in total. The first-order valence-corrected chi connectivity index (χ1v) is 12.8. The summed E-state index contributed by atoms with van der Waals surface area (Å²) in [4.78, 5) is 4.60. The molecule has 0 saturated carbocycles. The molecular formula is C29H18F2IrNSi-. The van der Waals surface area contributed by atoms with E-state index >= 15 is 8.22 Å². The first-order chi connectivity index (χ1) is 15.9. The maximum absolute atomic E-state index is 16.3. The number of rotatable bonds is 0. The maximum Gasteiger partial charge on any atom is 0.451 e. The molecular weight excluding hydrogens is 621 g/mol. The molecule has 0 saturated heterocycles. The van der Waals surface area contributed by atoms with E-state index in [9.17, 15) is 0 Å². The van der Waals surface area contributed by atoms with Crippen LogP contribution < -0.4 is 10.4 Å². The van der Waals surface area contributed by atoms with E-state index < -0.39 is 8.74 Å². The fourth-order valence-electron chi connectivity index (χ4n) is 5.37. The van der Waals surface area contributed by atoms with Gasteiger partial charge in [-0.1, -0.05) is 53.4 Å².